The van der Waals surface area contributed by atoms with Crippen LogP contribution in [0.4, 0.5) is 23.7 Å². The highest BCUT2D eigenvalue weighted by Crippen LogP contribution is 2.40. The summed E-state index contributed by atoms with van der Waals surface area (Å²) in [6, 6.07) is 9.70. The van der Waals surface area contributed by atoms with Gasteiger partial charge < -0.3 is 15.0 Å². The Kier molecular flexibility index (Phi) is 5.83. The second-order valence-electron chi connectivity index (χ2n) is 8.11. The standard InChI is InChI=1S/C22H23F3N2O4S/c1-31-18-3-2-4-19(13-18)32(29,30)20-11-16-9-10-17(12-20)27(16)21(28)26-15-7-5-14(6-8-15)22(23,24)25/h2-8,13,16-17,20H,9-12H2,1H3,(H,26,28). The van der Waals surface area contributed by atoms with Crippen molar-refractivity contribution in [3.63, 3.8) is 0 Å². The van der Waals surface area contributed by atoms with Gasteiger partial charge in [-0.05, 0) is 68.1 Å². The summed E-state index contributed by atoms with van der Waals surface area (Å²) in [7, 11) is -2.12. The molecule has 0 aliphatic carbocycles. The van der Waals surface area contributed by atoms with E-state index in [0.29, 0.717) is 31.4 Å². The molecule has 4 rings (SSSR count). The maximum atomic E-state index is 13.2. The number of carbonyl (C=O) groups excluding carboxylic acids is 1. The molecule has 2 amide bonds. The molecule has 172 valence electrons. The van der Waals surface area contributed by atoms with Crippen LogP contribution in [0.25, 0.3) is 0 Å². The first-order valence-electron chi connectivity index (χ1n) is 10.2. The van der Waals surface area contributed by atoms with Crippen molar-refractivity contribution in [2.75, 3.05) is 12.4 Å². The van der Waals surface area contributed by atoms with E-state index < -0.39 is 32.9 Å². The van der Waals surface area contributed by atoms with Crippen molar-refractivity contribution in [1.29, 1.82) is 0 Å². The first-order chi connectivity index (χ1) is 15.1. The highest BCUT2D eigenvalue weighted by Gasteiger charge is 2.47. The summed E-state index contributed by atoms with van der Waals surface area (Å²) in [5, 5.41) is 2.04. The quantitative estimate of drug-likeness (QED) is 0.705. The number of fused-ring (bicyclic) bond motifs is 2. The van der Waals surface area contributed by atoms with Crippen LogP contribution in [0, 0.1) is 0 Å². The molecule has 2 bridgehead atoms. The van der Waals surface area contributed by atoms with Crippen molar-refractivity contribution >= 4 is 21.6 Å². The number of nitrogens with zero attached hydrogens (tertiary/aromatic N) is 1. The van der Waals surface area contributed by atoms with E-state index in [-0.39, 0.29) is 22.7 Å². The number of methoxy groups -OCH3 is 1. The Morgan fingerprint density at radius 3 is 2.25 bits per heavy atom. The van der Waals surface area contributed by atoms with Crippen molar-refractivity contribution in [2.45, 2.75) is 54.1 Å². The molecule has 2 aliphatic rings. The van der Waals surface area contributed by atoms with Crippen LogP contribution in [-0.4, -0.2) is 43.8 Å². The largest absolute Gasteiger partial charge is 0.497 e. The molecule has 2 aliphatic heterocycles. The summed E-state index contributed by atoms with van der Waals surface area (Å²) in [5.74, 6) is 0.461. The van der Waals surface area contributed by atoms with Gasteiger partial charge in [0.05, 0.1) is 22.8 Å². The minimum atomic E-state index is -4.45. The molecule has 2 heterocycles. The molecule has 0 spiro atoms. The van der Waals surface area contributed by atoms with Crippen LogP contribution >= 0.6 is 0 Å². The van der Waals surface area contributed by atoms with Crippen LogP contribution < -0.4 is 10.1 Å². The van der Waals surface area contributed by atoms with Gasteiger partial charge in [-0.1, -0.05) is 6.07 Å². The number of rotatable bonds is 4. The predicted octanol–water partition coefficient (Wildman–Crippen LogP) is 4.72. The second kappa shape index (κ2) is 8.31. The van der Waals surface area contributed by atoms with E-state index in [9.17, 15) is 26.4 Å². The zero-order valence-corrected chi connectivity index (χ0v) is 18.1. The molecule has 2 unspecified atom stereocenters. The number of urea groups is 1. The van der Waals surface area contributed by atoms with E-state index >= 15 is 0 Å². The Labute approximate surface area is 184 Å². The predicted molar refractivity (Wildman–Crippen MR) is 112 cm³/mol. The second-order valence-corrected chi connectivity index (χ2v) is 10.3. The third-order valence-electron chi connectivity index (χ3n) is 6.20. The molecular formula is C22H23F3N2O4S. The number of ether oxygens (including phenoxy) is 1. The third kappa shape index (κ3) is 4.28. The number of hydrogen-bond donors (Lipinski definition) is 1. The van der Waals surface area contributed by atoms with Gasteiger partial charge >= 0.3 is 12.2 Å². The van der Waals surface area contributed by atoms with E-state index in [2.05, 4.69) is 5.32 Å². The normalized spacial score (nSPS) is 23.1. The third-order valence-corrected chi connectivity index (χ3v) is 8.37. The molecule has 2 saturated heterocycles. The highest BCUT2D eigenvalue weighted by atomic mass is 32.2. The minimum Gasteiger partial charge on any atom is -0.497 e. The SMILES string of the molecule is COc1cccc(S(=O)(=O)C2CC3CCC(C2)N3C(=O)Nc2ccc(C(F)(F)F)cc2)c1. The smallest absolute Gasteiger partial charge is 0.416 e. The molecule has 2 aromatic carbocycles. The number of carbonyl (C=O) groups is 1. The highest BCUT2D eigenvalue weighted by molar-refractivity contribution is 7.92. The molecule has 6 nitrogen and oxygen atoms in total. The van der Waals surface area contributed by atoms with Crippen molar-refractivity contribution < 1.29 is 31.1 Å². The Morgan fingerprint density at radius 2 is 1.69 bits per heavy atom. The molecule has 2 fully saturated rings. The Balaban J connectivity index is 1.46. The summed E-state index contributed by atoms with van der Waals surface area (Å²) >= 11 is 0. The van der Waals surface area contributed by atoms with Gasteiger partial charge in [0.15, 0.2) is 9.84 Å². The lowest BCUT2D eigenvalue weighted by molar-refractivity contribution is -0.137. The summed E-state index contributed by atoms with van der Waals surface area (Å²) in [6.45, 7) is 0. The monoisotopic (exact) mass is 468 g/mol. The Morgan fingerprint density at radius 1 is 1.06 bits per heavy atom. The van der Waals surface area contributed by atoms with Crippen molar-refractivity contribution in [2.24, 2.45) is 0 Å². The zero-order chi connectivity index (χ0) is 23.1. The number of anilines is 1. The molecule has 0 aromatic heterocycles. The fourth-order valence-corrected chi connectivity index (χ4v) is 6.50. The summed E-state index contributed by atoms with van der Waals surface area (Å²) in [4.78, 5) is 14.7. The Hall–Kier alpha value is -2.75. The minimum absolute atomic E-state index is 0.198. The number of amides is 2. The average molecular weight is 468 g/mol. The summed E-state index contributed by atoms with van der Waals surface area (Å²) in [6.07, 6.45) is -2.44. The zero-order valence-electron chi connectivity index (χ0n) is 17.3. The van der Waals surface area contributed by atoms with Gasteiger partial charge in [0.1, 0.15) is 5.75 Å². The van der Waals surface area contributed by atoms with E-state index in [0.717, 1.165) is 12.1 Å². The van der Waals surface area contributed by atoms with Gasteiger partial charge in [0.2, 0.25) is 0 Å². The fraction of sp³-hybridized carbons (Fsp3) is 0.409. The summed E-state index contributed by atoms with van der Waals surface area (Å²) in [5.41, 5.74) is -0.535. The van der Waals surface area contributed by atoms with Crippen LogP contribution in [0.2, 0.25) is 0 Å². The van der Waals surface area contributed by atoms with Gasteiger partial charge in [0.25, 0.3) is 0 Å². The average Bonchev–Trinajstić information content (AvgIpc) is 3.03. The first-order valence-corrected chi connectivity index (χ1v) is 11.8. The van der Waals surface area contributed by atoms with Crippen molar-refractivity contribution in [3.8, 4) is 5.75 Å². The molecular weight excluding hydrogens is 445 g/mol. The molecule has 2 atom stereocenters. The molecule has 32 heavy (non-hydrogen) atoms. The van der Waals surface area contributed by atoms with Crippen LogP contribution in [0.15, 0.2) is 53.4 Å². The Bertz CT molecular complexity index is 1090. The van der Waals surface area contributed by atoms with E-state index in [1.807, 2.05) is 0 Å². The fourth-order valence-electron chi connectivity index (χ4n) is 4.61. The van der Waals surface area contributed by atoms with Crippen molar-refractivity contribution in [3.05, 3.63) is 54.1 Å². The van der Waals surface area contributed by atoms with Gasteiger partial charge in [-0.3, -0.25) is 0 Å². The molecule has 10 heteroatoms. The number of sulfone groups is 1. The molecule has 0 radical (unpaired) electrons. The number of benzene rings is 2. The maximum Gasteiger partial charge on any atom is 0.416 e. The van der Waals surface area contributed by atoms with Crippen molar-refractivity contribution in [1.82, 2.24) is 4.90 Å². The number of alkyl halides is 3. The molecule has 0 saturated carbocycles. The number of halogens is 3. The van der Waals surface area contributed by atoms with Crippen LogP contribution in [0.5, 0.6) is 5.75 Å². The van der Waals surface area contributed by atoms with E-state index in [4.69, 9.17) is 4.74 Å². The van der Waals surface area contributed by atoms with Gasteiger partial charge in [-0.25, -0.2) is 13.2 Å². The van der Waals surface area contributed by atoms with Crippen LogP contribution in [0.1, 0.15) is 31.2 Å². The van der Waals surface area contributed by atoms with E-state index in [1.165, 1.54) is 25.3 Å². The topological polar surface area (TPSA) is 75.7 Å². The lowest BCUT2D eigenvalue weighted by atomic mass is 10.0. The lowest BCUT2D eigenvalue weighted by Crippen LogP contribution is -2.51. The van der Waals surface area contributed by atoms with Gasteiger partial charge in [0, 0.05) is 17.8 Å². The first kappa shape index (κ1) is 22.4. The number of hydrogen-bond acceptors (Lipinski definition) is 4. The van der Waals surface area contributed by atoms with Crippen LogP contribution in [-0.2, 0) is 16.0 Å². The number of nitrogens with one attached hydrogen (secondary N) is 1. The lowest BCUT2D eigenvalue weighted by Gasteiger charge is -2.38. The summed E-state index contributed by atoms with van der Waals surface area (Å²) < 4.78 is 69.7. The maximum absolute atomic E-state index is 13.2. The molecule has 1 N–H and O–H groups in total. The number of piperidine rings is 1. The molecule has 2 aromatic rings. The van der Waals surface area contributed by atoms with Gasteiger partial charge in [-0.2, -0.15) is 13.2 Å². The van der Waals surface area contributed by atoms with Crippen LogP contribution in [0.3, 0.4) is 0 Å². The van der Waals surface area contributed by atoms with Gasteiger partial charge in [-0.15, -0.1) is 0 Å². The van der Waals surface area contributed by atoms with E-state index in [1.54, 1.807) is 23.1 Å².